The maximum absolute atomic E-state index is 6.21. The Labute approximate surface area is 115 Å². The molecule has 1 radical (unpaired) electrons. The number of nitrogens with one attached hydrogen (secondary N) is 1. The molecule has 1 aliphatic rings. The molecule has 2 aromatic heterocycles. The number of nitrogens with zero attached hydrogens (tertiary/aromatic N) is 1. The van der Waals surface area contributed by atoms with Crippen molar-refractivity contribution in [1.29, 1.82) is 0 Å². The third-order valence-corrected chi connectivity index (χ3v) is 4.63. The second kappa shape index (κ2) is 3.86. The molecule has 0 aliphatic carbocycles. The van der Waals surface area contributed by atoms with E-state index >= 15 is 0 Å². The van der Waals surface area contributed by atoms with Crippen molar-refractivity contribution >= 4 is 18.3 Å². The number of aryl methyl sites for hydroxylation is 1. The van der Waals surface area contributed by atoms with Crippen molar-refractivity contribution in [3.05, 3.63) is 29.6 Å². The van der Waals surface area contributed by atoms with Crippen LogP contribution in [0.3, 0.4) is 0 Å². The van der Waals surface area contributed by atoms with Crippen molar-refractivity contribution in [3.8, 4) is 0 Å². The van der Waals surface area contributed by atoms with Crippen LogP contribution in [0, 0.1) is 6.92 Å². The molecule has 0 spiro atoms. The summed E-state index contributed by atoms with van der Waals surface area (Å²) in [5, 5.41) is 1.23. The fourth-order valence-corrected chi connectivity index (χ4v) is 2.55. The van der Waals surface area contributed by atoms with E-state index < -0.39 is 0 Å². The molecule has 0 amide bonds. The number of hydrogen-bond donors (Lipinski definition) is 1. The highest BCUT2D eigenvalue weighted by molar-refractivity contribution is 6.43. The molecule has 19 heavy (non-hydrogen) atoms. The molecule has 3 rings (SSSR count). The number of aromatic amines is 1. The first-order valence-electron chi connectivity index (χ1n) is 6.78. The summed E-state index contributed by atoms with van der Waals surface area (Å²) in [4.78, 5) is 7.66. The molecule has 1 saturated heterocycles. The van der Waals surface area contributed by atoms with Gasteiger partial charge in [0, 0.05) is 17.8 Å². The first kappa shape index (κ1) is 12.7. The Balaban J connectivity index is 2.00. The fraction of sp³-hybridized carbons (Fsp3) is 0.533. The average molecular weight is 255 g/mol. The van der Waals surface area contributed by atoms with Crippen LogP contribution in [0.15, 0.2) is 18.5 Å². The van der Waals surface area contributed by atoms with Gasteiger partial charge in [-0.15, -0.1) is 0 Å². The quantitative estimate of drug-likeness (QED) is 0.791. The Hall–Kier alpha value is -1.29. The number of pyridine rings is 1. The molecule has 1 aliphatic heterocycles. The van der Waals surface area contributed by atoms with Crippen LogP contribution in [0.5, 0.6) is 0 Å². The average Bonchev–Trinajstić information content (AvgIpc) is 2.78. The number of ether oxygens (including phenoxy) is 1. The molecule has 1 N–H and O–H groups in total. The van der Waals surface area contributed by atoms with Gasteiger partial charge in [0.15, 0.2) is 7.28 Å². The number of hydrogen-bond acceptors (Lipinski definition) is 2. The van der Waals surface area contributed by atoms with Crippen LogP contribution < -0.4 is 0 Å². The van der Waals surface area contributed by atoms with E-state index in [9.17, 15) is 0 Å². The molecule has 3 nitrogen and oxygen atoms in total. The van der Waals surface area contributed by atoms with E-state index in [1.165, 1.54) is 10.9 Å². The van der Waals surface area contributed by atoms with E-state index in [0.29, 0.717) is 0 Å². The SMILES string of the molecule is Cc1c[nH]c2ncc(C3[B]C(C)(C)C(C)(C)O3)cc12. The van der Waals surface area contributed by atoms with Gasteiger partial charge in [-0.1, -0.05) is 13.8 Å². The molecule has 0 bridgehead atoms. The van der Waals surface area contributed by atoms with Crippen molar-refractivity contribution < 1.29 is 4.74 Å². The lowest BCUT2D eigenvalue weighted by molar-refractivity contribution is -0.0343. The first-order valence-corrected chi connectivity index (χ1v) is 6.78. The Bertz CT molecular complexity index is 614. The van der Waals surface area contributed by atoms with Crippen molar-refractivity contribution in [2.75, 3.05) is 0 Å². The van der Waals surface area contributed by atoms with Crippen molar-refractivity contribution in [2.45, 2.75) is 51.5 Å². The van der Waals surface area contributed by atoms with Crippen LogP contribution in [0.4, 0.5) is 0 Å². The zero-order valence-corrected chi connectivity index (χ0v) is 12.2. The largest absolute Gasteiger partial charge is 0.377 e. The smallest absolute Gasteiger partial charge is 0.166 e. The Morgan fingerprint density at radius 3 is 2.68 bits per heavy atom. The highest BCUT2D eigenvalue weighted by Crippen LogP contribution is 2.51. The topological polar surface area (TPSA) is 37.9 Å². The van der Waals surface area contributed by atoms with Gasteiger partial charge in [-0.2, -0.15) is 0 Å². The standard InChI is InChI=1S/C15H20BN2O/c1-9-7-17-13-11(9)6-10(8-18-13)12-16-14(2,3)15(4,5)19-12/h6-8,12H,1-5H3,(H,17,18). The van der Waals surface area contributed by atoms with Crippen LogP contribution in [0.1, 0.15) is 44.8 Å². The van der Waals surface area contributed by atoms with Gasteiger partial charge < -0.3 is 9.72 Å². The van der Waals surface area contributed by atoms with Gasteiger partial charge in [-0.25, -0.2) is 4.98 Å². The van der Waals surface area contributed by atoms with Gasteiger partial charge in [0.2, 0.25) is 0 Å². The molecule has 99 valence electrons. The third kappa shape index (κ3) is 1.89. The summed E-state index contributed by atoms with van der Waals surface area (Å²) in [6.45, 7) is 10.8. The third-order valence-electron chi connectivity index (χ3n) is 4.63. The van der Waals surface area contributed by atoms with Crippen LogP contribution in [0.2, 0.25) is 5.31 Å². The summed E-state index contributed by atoms with van der Waals surface area (Å²) < 4.78 is 6.21. The number of aromatic nitrogens is 2. The highest BCUT2D eigenvalue weighted by atomic mass is 16.5. The van der Waals surface area contributed by atoms with E-state index in [1.807, 2.05) is 12.4 Å². The van der Waals surface area contributed by atoms with Crippen molar-refractivity contribution in [2.24, 2.45) is 0 Å². The Kier molecular flexibility index (Phi) is 2.58. The summed E-state index contributed by atoms with van der Waals surface area (Å²) in [6, 6.07) is 2.21. The normalized spacial score (nSPS) is 24.6. The maximum Gasteiger partial charge on any atom is 0.166 e. The Morgan fingerprint density at radius 2 is 2.05 bits per heavy atom. The lowest BCUT2D eigenvalue weighted by atomic mass is 9.47. The van der Waals surface area contributed by atoms with E-state index in [1.54, 1.807) is 0 Å². The fourth-order valence-electron chi connectivity index (χ4n) is 2.55. The molecule has 4 heteroatoms. The summed E-state index contributed by atoms with van der Waals surface area (Å²) in [7, 11) is 2.29. The minimum absolute atomic E-state index is 0.0243. The second-order valence-corrected chi connectivity index (χ2v) is 6.57. The van der Waals surface area contributed by atoms with Gasteiger partial charge in [-0.05, 0) is 43.3 Å². The molecule has 0 saturated carbocycles. The zero-order valence-electron chi connectivity index (χ0n) is 12.2. The molecule has 1 fully saturated rings. The maximum atomic E-state index is 6.21. The van der Waals surface area contributed by atoms with Crippen LogP contribution in [-0.4, -0.2) is 22.8 Å². The minimum atomic E-state index is -0.153. The van der Waals surface area contributed by atoms with Gasteiger partial charge in [0.1, 0.15) is 5.65 Å². The van der Waals surface area contributed by atoms with Gasteiger partial charge in [-0.3, -0.25) is 0 Å². The Morgan fingerprint density at radius 1 is 1.32 bits per heavy atom. The number of rotatable bonds is 1. The van der Waals surface area contributed by atoms with Crippen LogP contribution in [-0.2, 0) is 4.74 Å². The molecule has 0 aromatic carbocycles. The summed E-state index contributed by atoms with van der Waals surface area (Å²) in [5.41, 5.74) is 3.15. The molecular formula is C15H20BN2O. The van der Waals surface area contributed by atoms with E-state index in [0.717, 1.165) is 11.2 Å². The lowest BCUT2D eigenvalue weighted by Crippen LogP contribution is -2.31. The summed E-state index contributed by atoms with van der Waals surface area (Å²) >= 11 is 0. The van der Waals surface area contributed by atoms with Gasteiger partial charge in [0.05, 0.1) is 11.6 Å². The van der Waals surface area contributed by atoms with E-state index in [2.05, 4.69) is 57.9 Å². The minimum Gasteiger partial charge on any atom is -0.377 e. The summed E-state index contributed by atoms with van der Waals surface area (Å²) in [5.74, 6) is 0. The van der Waals surface area contributed by atoms with Gasteiger partial charge in [0.25, 0.3) is 0 Å². The monoisotopic (exact) mass is 255 g/mol. The van der Waals surface area contributed by atoms with Crippen molar-refractivity contribution in [3.63, 3.8) is 0 Å². The molecule has 3 heterocycles. The zero-order chi connectivity index (χ0) is 13.8. The van der Waals surface area contributed by atoms with E-state index in [-0.39, 0.29) is 16.9 Å². The highest BCUT2D eigenvalue weighted by Gasteiger charge is 2.48. The van der Waals surface area contributed by atoms with Crippen LogP contribution in [0.25, 0.3) is 11.0 Å². The number of fused-ring (bicyclic) bond motifs is 1. The predicted molar refractivity (Wildman–Crippen MR) is 78.5 cm³/mol. The second-order valence-electron chi connectivity index (χ2n) is 6.57. The predicted octanol–water partition coefficient (Wildman–Crippen LogP) is 3.58. The van der Waals surface area contributed by atoms with Crippen molar-refractivity contribution in [1.82, 2.24) is 9.97 Å². The van der Waals surface area contributed by atoms with Gasteiger partial charge >= 0.3 is 0 Å². The number of H-pyrrole nitrogens is 1. The lowest BCUT2D eigenvalue weighted by Gasteiger charge is -2.33. The van der Waals surface area contributed by atoms with E-state index in [4.69, 9.17) is 4.74 Å². The molecule has 2 aromatic rings. The molecule has 1 atom stereocenters. The first-order chi connectivity index (χ1) is 8.80. The molecule has 1 unspecified atom stereocenters. The molecular weight excluding hydrogens is 235 g/mol. The van der Waals surface area contributed by atoms with Crippen LogP contribution >= 0.6 is 0 Å². The summed E-state index contributed by atoms with van der Waals surface area (Å²) in [6.07, 6.45) is 3.91.